The summed E-state index contributed by atoms with van der Waals surface area (Å²) >= 11 is 0. The van der Waals surface area contributed by atoms with E-state index in [2.05, 4.69) is 25.9 Å². The van der Waals surface area contributed by atoms with Crippen LogP contribution in [0.25, 0.3) is 0 Å². The summed E-state index contributed by atoms with van der Waals surface area (Å²) in [5.74, 6) is -1.52. The third-order valence-electron chi connectivity index (χ3n) is 2.37. The van der Waals surface area contributed by atoms with Crippen LogP contribution >= 0.6 is 0 Å². The number of amides is 3. The summed E-state index contributed by atoms with van der Waals surface area (Å²) in [5.41, 5.74) is 0.585. The molecule has 0 fully saturated rings. The molecule has 110 valence electrons. The third-order valence-corrected chi connectivity index (χ3v) is 2.37. The molecule has 9 heteroatoms. The van der Waals surface area contributed by atoms with Crippen molar-refractivity contribution in [1.29, 1.82) is 0 Å². The molecular formula is C11H17N5O4. The number of aromatic amines is 1. The van der Waals surface area contributed by atoms with Crippen molar-refractivity contribution in [3.63, 3.8) is 0 Å². The van der Waals surface area contributed by atoms with Crippen LogP contribution in [0.5, 0.6) is 0 Å². The zero-order valence-corrected chi connectivity index (χ0v) is 11.0. The van der Waals surface area contributed by atoms with E-state index in [9.17, 15) is 14.4 Å². The molecule has 1 aromatic heterocycles. The molecule has 9 nitrogen and oxygen atoms in total. The van der Waals surface area contributed by atoms with E-state index in [0.717, 1.165) is 0 Å². The average Bonchev–Trinajstić information content (AvgIpc) is 2.89. The van der Waals surface area contributed by atoms with E-state index >= 15 is 0 Å². The molecule has 1 atom stereocenters. The lowest BCUT2D eigenvalue weighted by Gasteiger charge is -2.14. The minimum atomic E-state index is -1.17. The number of nitrogens with one attached hydrogen (secondary N) is 4. The maximum Gasteiger partial charge on any atom is 0.326 e. The highest BCUT2D eigenvalue weighted by Gasteiger charge is 2.21. The molecule has 0 radical (unpaired) electrons. The molecule has 0 aliphatic rings. The third kappa shape index (κ3) is 5.38. The molecule has 1 heterocycles. The zero-order chi connectivity index (χ0) is 15.0. The second-order valence-electron chi connectivity index (χ2n) is 3.95. The van der Waals surface area contributed by atoms with Crippen LogP contribution in [0.4, 0.5) is 4.79 Å². The lowest BCUT2D eigenvalue weighted by Crippen LogP contribution is -2.49. The Bertz CT molecular complexity index is 459. The molecular weight excluding hydrogens is 266 g/mol. The van der Waals surface area contributed by atoms with Gasteiger partial charge >= 0.3 is 12.0 Å². The van der Waals surface area contributed by atoms with Crippen LogP contribution in [-0.2, 0) is 16.0 Å². The van der Waals surface area contributed by atoms with Crippen molar-refractivity contribution in [3.05, 3.63) is 18.2 Å². The number of carbonyl (C=O) groups excluding carboxylic acids is 2. The predicted octanol–water partition coefficient (Wildman–Crippen LogP) is -1.16. The van der Waals surface area contributed by atoms with Gasteiger partial charge in [-0.3, -0.25) is 4.79 Å². The van der Waals surface area contributed by atoms with E-state index in [1.165, 1.54) is 12.5 Å². The largest absolute Gasteiger partial charge is 0.480 e. The molecule has 0 saturated carbocycles. The maximum absolute atomic E-state index is 11.5. The quantitative estimate of drug-likeness (QED) is 0.430. The fourth-order valence-corrected chi connectivity index (χ4v) is 1.45. The molecule has 0 saturated heterocycles. The van der Waals surface area contributed by atoms with Gasteiger partial charge in [-0.15, -0.1) is 0 Å². The Balaban J connectivity index is 2.43. The average molecular weight is 283 g/mol. The molecule has 1 rings (SSSR count). The number of hydrogen-bond donors (Lipinski definition) is 5. The van der Waals surface area contributed by atoms with Crippen LogP contribution in [0, 0.1) is 0 Å². The number of likely N-dealkylation sites (N-methyl/N-ethyl adjacent to an activating group) is 1. The SMILES string of the molecule is CCNC(=O)CNC(=O)N[C@H](Cc1cnc[nH]1)C(=O)O. The van der Waals surface area contributed by atoms with Gasteiger partial charge in [-0.1, -0.05) is 0 Å². The van der Waals surface area contributed by atoms with Crippen LogP contribution in [0.2, 0.25) is 0 Å². The van der Waals surface area contributed by atoms with E-state index in [1.54, 1.807) is 6.92 Å². The summed E-state index contributed by atoms with van der Waals surface area (Å²) in [6.45, 7) is 2.00. The van der Waals surface area contributed by atoms with E-state index in [-0.39, 0.29) is 18.9 Å². The zero-order valence-electron chi connectivity index (χ0n) is 11.0. The lowest BCUT2D eigenvalue weighted by atomic mass is 10.2. The Morgan fingerprint density at radius 1 is 1.40 bits per heavy atom. The second-order valence-corrected chi connectivity index (χ2v) is 3.95. The van der Waals surface area contributed by atoms with Gasteiger partial charge in [0.15, 0.2) is 0 Å². The van der Waals surface area contributed by atoms with Crippen LogP contribution in [-0.4, -0.2) is 52.1 Å². The summed E-state index contributed by atoms with van der Waals surface area (Å²) in [7, 11) is 0. The second kappa shape index (κ2) is 7.77. The number of H-pyrrole nitrogens is 1. The number of carboxylic acids is 1. The van der Waals surface area contributed by atoms with E-state index in [0.29, 0.717) is 12.2 Å². The van der Waals surface area contributed by atoms with Gasteiger partial charge in [-0.25, -0.2) is 14.6 Å². The molecule has 1 aromatic rings. The lowest BCUT2D eigenvalue weighted by molar-refractivity contribution is -0.139. The summed E-state index contributed by atoms with van der Waals surface area (Å²) in [5, 5.41) is 16.1. The van der Waals surface area contributed by atoms with Gasteiger partial charge in [-0.05, 0) is 6.92 Å². The Hall–Kier alpha value is -2.58. The van der Waals surface area contributed by atoms with Crippen molar-refractivity contribution in [2.45, 2.75) is 19.4 Å². The Morgan fingerprint density at radius 3 is 2.70 bits per heavy atom. The molecule has 20 heavy (non-hydrogen) atoms. The molecule has 0 unspecified atom stereocenters. The topological polar surface area (TPSA) is 136 Å². The first-order valence-electron chi connectivity index (χ1n) is 6.04. The molecule has 0 spiro atoms. The van der Waals surface area contributed by atoms with Crippen molar-refractivity contribution in [1.82, 2.24) is 25.9 Å². The van der Waals surface area contributed by atoms with Gasteiger partial charge < -0.3 is 26.0 Å². The minimum absolute atomic E-state index is 0.0733. The number of carbonyl (C=O) groups is 3. The molecule has 0 bridgehead atoms. The van der Waals surface area contributed by atoms with Crippen molar-refractivity contribution in [2.24, 2.45) is 0 Å². The summed E-state index contributed by atoms with van der Waals surface area (Å²) in [4.78, 5) is 40.2. The van der Waals surface area contributed by atoms with Crippen molar-refractivity contribution >= 4 is 17.9 Å². The summed E-state index contributed by atoms with van der Waals surface area (Å²) in [6, 6.07) is -1.83. The monoisotopic (exact) mass is 283 g/mol. The van der Waals surface area contributed by atoms with Gasteiger partial charge in [0, 0.05) is 24.9 Å². The number of aliphatic carboxylic acids is 1. The Morgan fingerprint density at radius 2 is 2.15 bits per heavy atom. The molecule has 3 amide bonds. The highest BCUT2D eigenvalue weighted by atomic mass is 16.4. The van der Waals surface area contributed by atoms with Crippen LogP contribution in [0.1, 0.15) is 12.6 Å². The van der Waals surface area contributed by atoms with E-state index in [1.807, 2.05) is 0 Å². The number of imidazole rings is 1. The number of aromatic nitrogens is 2. The van der Waals surface area contributed by atoms with E-state index < -0.39 is 18.0 Å². The molecule has 5 N–H and O–H groups in total. The molecule has 0 aromatic carbocycles. The van der Waals surface area contributed by atoms with Crippen LogP contribution in [0.15, 0.2) is 12.5 Å². The van der Waals surface area contributed by atoms with Crippen molar-refractivity contribution in [3.8, 4) is 0 Å². The number of rotatable bonds is 7. The van der Waals surface area contributed by atoms with Gasteiger partial charge in [0.25, 0.3) is 0 Å². The standard InChI is InChI=1S/C11H17N5O4/c1-2-13-9(17)5-14-11(20)16-8(10(18)19)3-7-4-12-6-15-7/h4,6,8H,2-3,5H2,1H3,(H,12,15)(H,13,17)(H,18,19)(H2,14,16,20)/t8-/m1/s1. The summed E-state index contributed by atoms with van der Waals surface area (Å²) < 4.78 is 0. The van der Waals surface area contributed by atoms with Gasteiger partial charge in [0.1, 0.15) is 6.04 Å². The van der Waals surface area contributed by atoms with Crippen molar-refractivity contribution in [2.75, 3.05) is 13.1 Å². The van der Waals surface area contributed by atoms with Crippen molar-refractivity contribution < 1.29 is 19.5 Å². The normalized spacial score (nSPS) is 11.4. The fraction of sp³-hybridized carbons (Fsp3) is 0.455. The minimum Gasteiger partial charge on any atom is -0.480 e. The number of carboxylic acid groups (broad SMARTS) is 1. The van der Waals surface area contributed by atoms with E-state index in [4.69, 9.17) is 5.11 Å². The van der Waals surface area contributed by atoms with Gasteiger partial charge in [-0.2, -0.15) is 0 Å². The first-order valence-corrected chi connectivity index (χ1v) is 6.04. The highest BCUT2D eigenvalue weighted by Crippen LogP contribution is 1.98. The smallest absolute Gasteiger partial charge is 0.326 e. The number of nitrogens with zero attached hydrogens (tertiary/aromatic N) is 1. The van der Waals surface area contributed by atoms with Gasteiger partial charge in [0.05, 0.1) is 12.9 Å². The molecule has 0 aliphatic heterocycles. The Labute approximate surface area is 115 Å². The van der Waals surface area contributed by atoms with Crippen LogP contribution in [0.3, 0.4) is 0 Å². The van der Waals surface area contributed by atoms with Gasteiger partial charge in [0.2, 0.25) is 5.91 Å². The fourth-order valence-electron chi connectivity index (χ4n) is 1.45. The number of hydrogen-bond acceptors (Lipinski definition) is 4. The molecule has 0 aliphatic carbocycles. The number of urea groups is 1. The first-order chi connectivity index (χ1) is 9.52. The maximum atomic E-state index is 11.5. The highest BCUT2D eigenvalue weighted by molar-refractivity contribution is 5.86. The predicted molar refractivity (Wildman–Crippen MR) is 68.9 cm³/mol. The Kier molecular flexibility index (Phi) is 6.01. The first kappa shape index (κ1) is 15.5. The summed E-state index contributed by atoms with van der Waals surface area (Å²) in [6.07, 6.45) is 2.97. The van der Waals surface area contributed by atoms with Crippen LogP contribution < -0.4 is 16.0 Å².